The average Bonchev–Trinajstić information content (AvgIpc) is 2.53. The zero-order valence-corrected chi connectivity index (χ0v) is 15.6. The minimum Gasteiger partial charge on any atom is -0.389 e. The lowest BCUT2D eigenvalue weighted by atomic mass is 9.49. The lowest BCUT2D eigenvalue weighted by Crippen LogP contribution is -2.46. The van der Waals surface area contributed by atoms with Crippen LogP contribution in [0.5, 0.6) is 0 Å². The van der Waals surface area contributed by atoms with Crippen molar-refractivity contribution in [2.24, 2.45) is 23.2 Å². The van der Waals surface area contributed by atoms with Crippen molar-refractivity contribution in [1.29, 1.82) is 0 Å². The standard InChI is InChI=1S/C21H37NO2/c1-16-4-2-3-6-22(16)14-20(23)15-24-7-5-21-11-17-8-18(12-21)10-19(9-17)13-21/h16-20,23H,2-15H2,1H3/t16-,17?,18?,19?,20-,21?/m0/s1. The average molecular weight is 336 g/mol. The second-order valence-electron chi connectivity index (χ2n) is 9.74. The van der Waals surface area contributed by atoms with Crippen molar-refractivity contribution < 1.29 is 9.84 Å². The smallest absolute Gasteiger partial charge is 0.0900 e. The summed E-state index contributed by atoms with van der Waals surface area (Å²) < 4.78 is 5.93. The van der Waals surface area contributed by atoms with Gasteiger partial charge in [-0.2, -0.15) is 0 Å². The van der Waals surface area contributed by atoms with E-state index in [0.29, 0.717) is 18.1 Å². The highest BCUT2D eigenvalue weighted by Gasteiger charge is 2.50. The maximum absolute atomic E-state index is 10.3. The van der Waals surface area contributed by atoms with Crippen molar-refractivity contribution in [2.75, 3.05) is 26.3 Å². The van der Waals surface area contributed by atoms with Crippen LogP contribution in [-0.2, 0) is 4.74 Å². The first-order valence-electron chi connectivity index (χ1n) is 10.6. The maximum atomic E-state index is 10.3. The topological polar surface area (TPSA) is 32.7 Å². The second-order valence-corrected chi connectivity index (χ2v) is 9.74. The van der Waals surface area contributed by atoms with Gasteiger partial charge in [0.25, 0.3) is 0 Å². The van der Waals surface area contributed by atoms with Gasteiger partial charge >= 0.3 is 0 Å². The molecule has 0 aromatic carbocycles. The van der Waals surface area contributed by atoms with E-state index in [2.05, 4.69) is 11.8 Å². The summed E-state index contributed by atoms with van der Waals surface area (Å²) in [6.07, 6.45) is 13.8. The highest BCUT2D eigenvalue weighted by Crippen LogP contribution is 2.61. The molecule has 2 atom stereocenters. The van der Waals surface area contributed by atoms with E-state index in [-0.39, 0.29) is 6.10 Å². The van der Waals surface area contributed by atoms with Crippen LogP contribution in [0, 0.1) is 23.2 Å². The fraction of sp³-hybridized carbons (Fsp3) is 1.00. The van der Waals surface area contributed by atoms with E-state index in [9.17, 15) is 5.11 Å². The largest absolute Gasteiger partial charge is 0.389 e. The molecule has 0 aromatic heterocycles. The first-order chi connectivity index (χ1) is 11.6. The van der Waals surface area contributed by atoms with Crippen LogP contribution in [0.25, 0.3) is 0 Å². The SMILES string of the molecule is C[C@H]1CCCCN1C[C@H](O)COCCC12CC3CC(CC(C3)C1)C2. The Morgan fingerprint density at radius 2 is 1.75 bits per heavy atom. The molecule has 0 aromatic rings. The van der Waals surface area contributed by atoms with Gasteiger partial charge in [-0.15, -0.1) is 0 Å². The minimum absolute atomic E-state index is 0.318. The van der Waals surface area contributed by atoms with Gasteiger partial charge in [0.1, 0.15) is 0 Å². The molecule has 0 radical (unpaired) electrons. The van der Waals surface area contributed by atoms with E-state index in [0.717, 1.165) is 37.5 Å². The van der Waals surface area contributed by atoms with E-state index in [1.807, 2.05) is 0 Å². The number of β-amino-alcohol motifs (C(OH)–C–C–N with tert-alkyl or cyclic N) is 1. The summed E-state index contributed by atoms with van der Waals surface area (Å²) in [4.78, 5) is 2.44. The molecule has 1 aliphatic heterocycles. The Labute approximate surface area is 148 Å². The number of hydrogen-bond donors (Lipinski definition) is 1. The van der Waals surface area contributed by atoms with Gasteiger partial charge in [0.05, 0.1) is 12.7 Å². The molecule has 1 N–H and O–H groups in total. The van der Waals surface area contributed by atoms with Crippen LogP contribution in [0.15, 0.2) is 0 Å². The predicted octanol–water partition coefficient (Wildman–Crippen LogP) is 3.84. The molecule has 24 heavy (non-hydrogen) atoms. The summed E-state index contributed by atoms with van der Waals surface area (Å²) >= 11 is 0. The van der Waals surface area contributed by atoms with Crippen LogP contribution in [0.2, 0.25) is 0 Å². The van der Waals surface area contributed by atoms with Gasteiger partial charge in [0.2, 0.25) is 0 Å². The molecule has 1 heterocycles. The van der Waals surface area contributed by atoms with Crippen LogP contribution in [-0.4, -0.2) is 48.5 Å². The highest BCUT2D eigenvalue weighted by atomic mass is 16.5. The molecule has 5 aliphatic rings. The van der Waals surface area contributed by atoms with Gasteiger partial charge in [-0.3, -0.25) is 4.90 Å². The molecule has 4 saturated carbocycles. The quantitative estimate of drug-likeness (QED) is 0.718. The molecule has 4 aliphatic carbocycles. The fourth-order valence-corrected chi connectivity index (χ4v) is 6.86. The fourth-order valence-electron chi connectivity index (χ4n) is 6.86. The van der Waals surface area contributed by atoms with Gasteiger partial charge in [0, 0.05) is 19.2 Å². The van der Waals surface area contributed by atoms with Crippen LogP contribution >= 0.6 is 0 Å². The Hall–Kier alpha value is -0.120. The third-order valence-corrected chi connectivity index (χ3v) is 7.64. The lowest BCUT2D eigenvalue weighted by molar-refractivity contribution is -0.0746. The van der Waals surface area contributed by atoms with E-state index in [4.69, 9.17) is 4.74 Å². The molecule has 0 spiro atoms. The number of aliphatic hydroxyl groups is 1. The normalized spacial score (nSPS) is 43.2. The van der Waals surface area contributed by atoms with E-state index >= 15 is 0 Å². The predicted molar refractivity (Wildman–Crippen MR) is 96.9 cm³/mol. The highest BCUT2D eigenvalue weighted by molar-refractivity contribution is 5.01. The molecule has 3 nitrogen and oxygen atoms in total. The van der Waals surface area contributed by atoms with Gasteiger partial charge in [-0.05, 0) is 94.4 Å². The minimum atomic E-state index is -0.318. The molecule has 4 bridgehead atoms. The molecular formula is C21H37NO2. The lowest BCUT2D eigenvalue weighted by Gasteiger charge is -2.57. The number of piperidine rings is 1. The summed E-state index contributed by atoms with van der Waals surface area (Å²) in [7, 11) is 0. The number of ether oxygens (including phenoxy) is 1. The molecule has 3 heteroatoms. The summed E-state index contributed by atoms with van der Waals surface area (Å²) in [5.41, 5.74) is 0.612. The summed E-state index contributed by atoms with van der Waals surface area (Å²) in [6, 6.07) is 0.625. The molecule has 5 rings (SSSR count). The third kappa shape index (κ3) is 3.83. The summed E-state index contributed by atoms with van der Waals surface area (Å²) in [5.74, 6) is 3.09. The van der Waals surface area contributed by atoms with Crippen LogP contribution in [0.4, 0.5) is 0 Å². The first-order valence-corrected chi connectivity index (χ1v) is 10.6. The third-order valence-electron chi connectivity index (χ3n) is 7.64. The Kier molecular flexibility index (Phi) is 5.22. The van der Waals surface area contributed by atoms with E-state index in [1.165, 1.54) is 64.2 Å². The van der Waals surface area contributed by atoms with Crippen molar-refractivity contribution >= 4 is 0 Å². The molecule has 5 fully saturated rings. The van der Waals surface area contributed by atoms with Gasteiger partial charge < -0.3 is 9.84 Å². The Bertz CT molecular complexity index is 389. The number of hydrogen-bond acceptors (Lipinski definition) is 3. The molecule has 138 valence electrons. The molecule has 1 saturated heterocycles. The van der Waals surface area contributed by atoms with Gasteiger partial charge in [-0.1, -0.05) is 6.42 Å². The summed E-state index contributed by atoms with van der Waals surface area (Å²) in [5, 5.41) is 10.3. The monoisotopic (exact) mass is 335 g/mol. The number of likely N-dealkylation sites (tertiary alicyclic amines) is 1. The Balaban J connectivity index is 1.17. The van der Waals surface area contributed by atoms with Crippen molar-refractivity contribution in [3.63, 3.8) is 0 Å². The van der Waals surface area contributed by atoms with E-state index < -0.39 is 0 Å². The van der Waals surface area contributed by atoms with Gasteiger partial charge in [0.15, 0.2) is 0 Å². The Morgan fingerprint density at radius 3 is 2.38 bits per heavy atom. The zero-order valence-electron chi connectivity index (χ0n) is 15.6. The van der Waals surface area contributed by atoms with Crippen molar-refractivity contribution in [3.8, 4) is 0 Å². The summed E-state index contributed by atoms with van der Waals surface area (Å²) in [6.45, 7) is 5.61. The number of rotatable bonds is 7. The first kappa shape index (κ1) is 17.3. The maximum Gasteiger partial charge on any atom is 0.0900 e. The van der Waals surface area contributed by atoms with Crippen LogP contribution in [0.1, 0.15) is 71.1 Å². The molecule has 0 unspecified atom stereocenters. The Morgan fingerprint density at radius 1 is 1.08 bits per heavy atom. The van der Waals surface area contributed by atoms with Crippen molar-refractivity contribution in [1.82, 2.24) is 4.90 Å². The zero-order chi connectivity index (χ0) is 16.6. The van der Waals surface area contributed by atoms with E-state index in [1.54, 1.807) is 0 Å². The molecular weight excluding hydrogens is 298 g/mol. The van der Waals surface area contributed by atoms with Crippen molar-refractivity contribution in [3.05, 3.63) is 0 Å². The molecule has 0 amide bonds. The number of aliphatic hydroxyl groups excluding tert-OH is 1. The van der Waals surface area contributed by atoms with Crippen molar-refractivity contribution in [2.45, 2.75) is 83.3 Å². The second kappa shape index (κ2) is 7.25. The number of nitrogens with zero attached hydrogens (tertiary/aromatic N) is 1. The van der Waals surface area contributed by atoms with Crippen LogP contribution < -0.4 is 0 Å². The van der Waals surface area contributed by atoms with Crippen LogP contribution in [0.3, 0.4) is 0 Å². The van der Waals surface area contributed by atoms with Gasteiger partial charge in [-0.25, -0.2) is 0 Å².